The molecule has 0 bridgehead atoms. The fraction of sp³-hybridized carbons (Fsp3) is 0.923. The summed E-state index contributed by atoms with van der Waals surface area (Å²) in [6.07, 6.45) is 5.80. The largest absolute Gasteiger partial charge is 0.353 e. The molecule has 0 radical (unpaired) electrons. The lowest BCUT2D eigenvalue weighted by Crippen LogP contribution is -2.47. The van der Waals surface area contributed by atoms with Crippen LogP contribution in [0.3, 0.4) is 0 Å². The van der Waals surface area contributed by atoms with Crippen molar-refractivity contribution in [2.75, 3.05) is 18.8 Å². The molecule has 1 amide bonds. The highest BCUT2D eigenvalue weighted by Gasteiger charge is 2.29. The molecule has 1 heterocycles. The van der Waals surface area contributed by atoms with Crippen molar-refractivity contribution < 1.29 is 13.2 Å². The summed E-state index contributed by atoms with van der Waals surface area (Å²) in [4.78, 5) is 12.0. The maximum absolute atomic E-state index is 12.0. The number of piperidine rings is 1. The lowest BCUT2D eigenvalue weighted by Gasteiger charge is -2.31. The van der Waals surface area contributed by atoms with Crippen LogP contribution in [0.1, 0.15) is 45.4 Å². The van der Waals surface area contributed by atoms with Crippen molar-refractivity contribution >= 4 is 15.9 Å². The highest BCUT2D eigenvalue weighted by atomic mass is 32.2. The molecule has 0 aromatic heterocycles. The molecular formula is C13H24N2O3S. The summed E-state index contributed by atoms with van der Waals surface area (Å²) >= 11 is 0. The molecule has 2 rings (SSSR count). The zero-order chi connectivity index (χ0) is 13.9. The van der Waals surface area contributed by atoms with Gasteiger partial charge in [-0.05, 0) is 32.6 Å². The van der Waals surface area contributed by atoms with Crippen molar-refractivity contribution in [3.8, 4) is 0 Å². The fourth-order valence-electron chi connectivity index (χ4n) is 2.97. The van der Waals surface area contributed by atoms with Gasteiger partial charge in [0.05, 0.1) is 5.75 Å². The summed E-state index contributed by atoms with van der Waals surface area (Å²) in [5.74, 6) is 0.526. The van der Waals surface area contributed by atoms with Gasteiger partial charge in [-0.2, -0.15) is 0 Å². The Balaban J connectivity index is 1.78. The Kier molecular flexibility index (Phi) is 4.84. The third-order valence-corrected chi connectivity index (χ3v) is 6.17. The van der Waals surface area contributed by atoms with Gasteiger partial charge in [0.1, 0.15) is 0 Å². The number of carbonyl (C=O) groups excluding carboxylic acids is 1. The number of nitrogens with one attached hydrogen (secondary N) is 1. The van der Waals surface area contributed by atoms with Crippen molar-refractivity contribution in [1.82, 2.24) is 9.62 Å². The maximum atomic E-state index is 12.0. The molecule has 5 nitrogen and oxygen atoms in total. The SMILES string of the molecule is CCS(=O)(=O)N1CCC(NC(=O)C2CCCC2)CC1. The van der Waals surface area contributed by atoms with Gasteiger partial charge >= 0.3 is 0 Å². The summed E-state index contributed by atoms with van der Waals surface area (Å²) in [5, 5.41) is 3.09. The normalized spacial score (nSPS) is 23.6. The number of hydrogen-bond donors (Lipinski definition) is 1. The first kappa shape index (κ1) is 14.8. The van der Waals surface area contributed by atoms with Crippen molar-refractivity contribution in [2.24, 2.45) is 5.92 Å². The molecule has 0 spiro atoms. The molecule has 1 saturated heterocycles. The molecule has 0 aromatic rings. The predicted octanol–water partition coefficient (Wildman–Crippen LogP) is 1.11. The van der Waals surface area contributed by atoms with Crippen LogP contribution in [0.5, 0.6) is 0 Å². The minimum absolute atomic E-state index is 0.149. The van der Waals surface area contributed by atoms with Gasteiger partial charge in [0.2, 0.25) is 15.9 Å². The summed E-state index contributed by atoms with van der Waals surface area (Å²) in [6, 6.07) is 0.149. The second-order valence-electron chi connectivity index (χ2n) is 5.56. The van der Waals surface area contributed by atoms with E-state index in [-0.39, 0.29) is 23.6 Å². The number of sulfonamides is 1. The summed E-state index contributed by atoms with van der Waals surface area (Å²) < 4.78 is 25.0. The summed E-state index contributed by atoms with van der Waals surface area (Å²) in [5.41, 5.74) is 0. The zero-order valence-electron chi connectivity index (χ0n) is 11.6. The molecule has 0 atom stereocenters. The Hall–Kier alpha value is -0.620. The predicted molar refractivity (Wildman–Crippen MR) is 74.2 cm³/mol. The average Bonchev–Trinajstić information content (AvgIpc) is 2.93. The van der Waals surface area contributed by atoms with Crippen LogP contribution in [0, 0.1) is 5.92 Å². The van der Waals surface area contributed by atoms with E-state index in [1.807, 2.05) is 0 Å². The van der Waals surface area contributed by atoms with E-state index in [2.05, 4.69) is 5.32 Å². The van der Waals surface area contributed by atoms with Gasteiger partial charge in [-0.3, -0.25) is 4.79 Å². The zero-order valence-corrected chi connectivity index (χ0v) is 12.4. The quantitative estimate of drug-likeness (QED) is 0.842. The van der Waals surface area contributed by atoms with Crippen molar-refractivity contribution in [3.05, 3.63) is 0 Å². The fourth-order valence-corrected chi connectivity index (χ4v) is 4.10. The molecule has 19 heavy (non-hydrogen) atoms. The third-order valence-electron chi connectivity index (χ3n) is 4.28. The second kappa shape index (κ2) is 6.22. The minimum atomic E-state index is -3.07. The molecule has 2 aliphatic rings. The van der Waals surface area contributed by atoms with Gasteiger partial charge in [-0.1, -0.05) is 12.8 Å². The van der Waals surface area contributed by atoms with Gasteiger partial charge in [0.15, 0.2) is 0 Å². The Morgan fingerprint density at radius 3 is 2.26 bits per heavy atom. The molecule has 0 aromatic carbocycles. The summed E-state index contributed by atoms with van der Waals surface area (Å²) in [6.45, 7) is 2.74. The third kappa shape index (κ3) is 3.69. The number of nitrogens with zero attached hydrogens (tertiary/aromatic N) is 1. The van der Waals surface area contributed by atoms with Crippen molar-refractivity contribution in [1.29, 1.82) is 0 Å². The Morgan fingerprint density at radius 1 is 1.16 bits per heavy atom. The lowest BCUT2D eigenvalue weighted by atomic mass is 10.0. The van der Waals surface area contributed by atoms with Crippen LogP contribution >= 0.6 is 0 Å². The first-order valence-corrected chi connectivity index (χ1v) is 8.92. The highest BCUT2D eigenvalue weighted by molar-refractivity contribution is 7.89. The Bertz CT molecular complexity index is 408. The van der Waals surface area contributed by atoms with E-state index in [1.165, 1.54) is 0 Å². The first-order chi connectivity index (χ1) is 9.03. The van der Waals surface area contributed by atoms with Crippen LogP contribution in [0.15, 0.2) is 0 Å². The van der Waals surface area contributed by atoms with Gasteiger partial charge < -0.3 is 5.32 Å². The molecule has 110 valence electrons. The lowest BCUT2D eigenvalue weighted by molar-refractivity contribution is -0.125. The van der Waals surface area contributed by atoms with E-state index in [0.29, 0.717) is 13.1 Å². The van der Waals surface area contributed by atoms with Crippen LogP contribution in [-0.2, 0) is 14.8 Å². The molecule has 1 N–H and O–H groups in total. The highest BCUT2D eigenvalue weighted by Crippen LogP contribution is 2.25. The maximum Gasteiger partial charge on any atom is 0.223 e. The molecule has 1 saturated carbocycles. The van der Waals surface area contributed by atoms with Crippen LogP contribution in [0.25, 0.3) is 0 Å². The van der Waals surface area contributed by atoms with Gasteiger partial charge in [0, 0.05) is 25.0 Å². The summed E-state index contributed by atoms with van der Waals surface area (Å²) in [7, 11) is -3.07. The number of carbonyl (C=O) groups is 1. The molecule has 1 aliphatic heterocycles. The van der Waals surface area contributed by atoms with Crippen molar-refractivity contribution in [2.45, 2.75) is 51.5 Å². The van der Waals surface area contributed by atoms with Gasteiger partial charge in [-0.25, -0.2) is 12.7 Å². The number of hydrogen-bond acceptors (Lipinski definition) is 3. The van der Waals surface area contributed by atoms with Crippen LogP contribution in [-0.4, -0.2) is 43.5 Å². The molecule has 2 fully saturated rings. The van der Waals surface area contributed by atoms with E-state index in [0.717, 1.165) is 38.5 Å². The van der Waals surface area contributed by atoms with E-state index in [1.54, 1.807) is 11.2 Å². The second-order valence-corrected chi connectivity index (χ2v) is 7.82. The molecule has 6 heteroatoms. The standard InChI is InChI=1S/C13H24N2O3S/c1-2-19(17,18)15-9-7-12(8-10-15)14-13(16)11-5-3-4-6-11/h11-12H,2-10H2,1H3,(H,14,16). The van der Waals surface area contributed by atoms with Gasteiger partial charge in [-0.15, -0.1) is 0 Å². The van der Waals surface area contributed by atoms with Crippen molar-refractivity contribution in [3.63, 3.8) is 0 Å². The van der Waals surface area contributed by atoms with Gasteiger partial charge in [0.25, 0.3) is 0 Å². The molecule has 0 unspecified atom stereocenters. The Labute approximate surface area is 115 Å². The van der Waals surface area contributed by atoms with E-state index in [4.69, 9.17) is 0 Å². The molecule has 1 aliphatic carbocycles. The minimum Gasteiger partial charge on any atom is -0.353 e. The number of amides is 1. The van der Waals surface area contributed by atoms with E-state index < -0.39 is 10.0 Å². The monoisotopic (exact) mass is 288 g/mol. The van der Waals surface area contributed by atoms with Crippen LogP contribution in [0.4, 0.5) is 0 Å². The van der Waals surface area contributed by atoms with Crippen LogP contribution in [0.2, 0.25) is 0 Å². The van der Waals surface area contributed by atoms with E-state index >= 15 is 0 Å². The number of rotatable bonds is 4. The topological polar surface area (TPSA) is 66.5 Å². The van der Waals surface area contributed by atoms with Crippen LogP contribution < -0.4 is 5.32 Å². The van der Waals surface area contributed by atoms with E-state index in [9.17, 15) is 13.2 Å². The molecular weight excluding hydrogens is 264 g/mol. The average molecular weight is 288 g/mol. The smallest absolute Gasteiger partial charge is 0.223 e. The Morgan fingerprint density at radius 2 is 1.74 bits per heavy atom. The first-order valence-electron chi connectivity index (χ1n) is 7.31.